The lowest BCUT2D eigenvalue weighted by molar-refractivity contribution is -0.383. The first kappa shape index (κ1) is 12.7. The van der Waals surface area contributed by atoms with E-state index in [0.29, 0.717) is 18.1 Å². The number of nitrogens with two attached hydrogens (primary N) is 1. The van der Waals surface area contributed by atoms with Crippen LogP contribution < -0.4 is 11.1 Å². The molecule has 7 nitrogen and oxygen atoms in total. The molecule has 7 heteroatoms. The molecule has 0 aliphatic carbocycles. The molecule has 0 unspecified atom stereocenters. The van der Waals surface area contributed by atoms with Crippen molar-refractivity contribution in [3.8, 4) is 0 Å². The van der Waals surface area contributed by atoms with E-state index in [-0.39, 0.29) is 11.4 Å². The van der Waals surface area contributed by atoms with E-state index in [1.165, 1.54) is 6.07 Å². The Kier molecular flexibility index (Phi) is 3.56. The predicted octanol–water partition coefficient (Wildman–Crippen LogP) is 1.89. The summed E-state index contributed by atoms with van der Waals surface area (Å²) in [6, 6.07) is 6.52. The third kappa shape index (κ3) is 2.95. The standard InChI is InChI=1S/C12H13N5O2/c1-8-14-6-5-9(16-8)7-15-11-4-2-3-10(13)12(11)17(18)19/h2-6,15H,7,13H2,1H3. The number of rotatable bonds is 4. The van der Waals surface area contributed by atoms with Gasteiger partial charge >= 0.3 is 5.69 Å². The highest BCUT2D eigenvalue weighted by molar-refractivity contribution is 5.74. The molecular weight excluding hydrogens is 246 g/mol. The second-order valence-corrected chi connectivity index (χ2v) is 3.95. The van der Waals surface area contributed by atoms with E-state index in [2.05, 4.69) is 15.3 Å². The van der Waals surface area contributed by atoms with Crippen molar-refractivity contribution < 1.29 is 4.92 Å². The number of aryl methyl sites for hydroxylation is 1. The van der Waals surface area contributed by atoms with Gasteiger partial charge in [-0.05, 0) is 25.1 Å². The molecule has 1 aromatic heterocycles. The highest BCUT2D eigenvalue weighted by atomic mass is 16.6. The number of para-hydroxylation sites is 1. The van der Waals surface area contributed by atoms with Crippen LogP contribution in [0.25, 0.3) is 0 Å². The fourth-order valence-corrected chi connectivity index (χ4v) is 1.70. The Balaban J connectivity index is 2.20. The molecule has 2 rings (SSSR count). The van der Waals surface area contributed by atoms with E-state index in [1.807, 2.05) is 0 Å². The third-order valence-electron chi connectivity index (χ3n) is 2.54. The van der Waals surface area contributed by atoms with Crippen LogP contribution in [-0.4, -0.2) is 14.9 Å². The molecule has 0 bridgehead atoms. The number of hydrogen-bond donors (Lipinski definition) is 2. The number of nitro benzene ring substituents is 1. The average Bonchev–Trinajstić information content (AvgIpc) is 2.36. The number of benzene rings is 1. The van der Waals surface area contributed by atoms with Gasteiger partial charge in [0.2, 0.25) is 0 Å². The molecule has 0 atom stereocenters. The summed E-state index contributed by atoms with van der Waals surface area (Å²) in [6.07, 6.45) is 1.65. The van der Waals surface area contributed by atoms with Crippen molar-refractivity contribution in [2.75, 3.05) is 11.1 Å². The van der Waals surface area contributed by atoms with Gasteiger partial charge in [-0.2, -0.15) is 0 Å². The maximum atomic E-state index is 11.0. The molecule has 0 saturated carbocycles. The van der Waals surface area contributed by atoms with Crippen molar-refractivity contribution in [1.82, 2.24) is 9.97 Å². The number of nitrogens with zero attached hydrogens (tertiary/aromatic N) is 3. The van der Waals surface area contributed by atoms with Crippen LogP contribution in [0.1, 0.15) is 11.5 Å². The zero-order valence-electron chi connectivity index (χ0n) is 10.3. The van der Waals surface area contributed by atoms with Crippen molar-refractivity contribution in [1.29, 1.82) is 0 Å². The summed E-state index contributed by atoms with van der Waals surface area (Å²) in [5.74, 6) is 0.654. The van der Waals surface area contributed by atoms with E-state index in [9.17, 15) is 10.1 Å². The summed E-state index contributed by atoms with van der Waals surface area (Å²) in [6.45, 7) is 2.15. The molecule has 3 N–H and O–H groups in total. The molecule has 0 aliphatic rings. The first-order valence-corrected chi connectivity index (χ1v) is 5.63. The van der Waals surface area contributed by atoms with Crippen LogP contribution in [-0.2, 0) is 6.54 Å². The largest absolute Gasteiger partial charge is 0.393 e. The fourth-order valence-electron chi connectivity index (χ4n) is 1.70. The van der Waals surface area contributed by atoms with Gasteiger partial charge in [0.05, 0.1) is 17.2 Å². The number of nitrogens with one attached hydrogen (secondary N) is 1. The van der Waals surface area contributed by atoms with Crippen molar-refractivity contribution in [2.24, 2.45) is 0 Å². The molecule has 0 saturated heterocycles. The third-order valence-corrected chi connectivity index (χ3v) is 2.54. The molecule has 2 aromatic rings. The van der Waals surface area contributed by atoms with Crippen LogP contribution in [0.3, 0.4) is 0 Å². The minimum absolute atomic E-state index is 0.117. The summed E-state index contributed by atoms with van der Waals surface area (Å²) in [7, 11) is 0. The zero-order chi connectivity index (χ0) is 13.8. The maximum absolute atomic E-state index is 11.0. The topological polar surface area (TPSA) is 107 Å². The number of nitro groups is 1. The summed E-state index contributed by atoms with van der Waals surface area (Å²) < 4.78 is 0. The number of hydrogen-bond acceptors (Lipinski definition) is 6. The normalized spacial score (nSPS) is 10.2. The zero-order valence-corrected chi connectivity index (χ0v) is 10.3. The van der Waals surface area contributed by atoms with Crippen molar-refractivity contribution in [3.63, 3.8) is 0 Å². The van der Waals surface area contributed by atoms with Gasteiger partial charge in [-0.3, -0.25) is 10.1 Å². The Labute approximate surface area is 109 Å². The molecule has 0 spiro atoms. The molecule has 0 aliphatic heterocycles. The van der Waals surface area contributed by atoms with E-state index >= 15 is 0 Å². The molecule has 0 radical (unpaired) electrons. The molecule has 0 amide bonds. The van der Waals surface area contributed by atoms with Gasteiger partial charge in [0.25, 0.3) is 0 Å². The Bertz CT molecular complexity index is 615. The van der Waals surface area contributed by atoms with Gasteiger partial charge in [-0.15, -0.1) is 0 Å². The number of anilines is 2. The number of nitrogen functional groups attached to an aromatic ring is 1. The first-order valence-electron chi connectivity index (χ1n) is 5.63. The lowest BCUT2D eigenvalue weighted by atomic mass is 10.2. The van der Waals surface area contributed by atoms with Gasteiger partial charge in [0, 0.05) is 6.20 Å². The summed E-state index contributed by atoms with van der Waals surface area (Å²) in [5, 5.41) is 13.9. The van der Waals surface area contributed by atoms with E-state index in [0.717, 1.165) is 5.69 Å². The molecular formula is C12H13N5O2. The smallest absolute Gasteiger partial charge is 0.314 e. The van der Waals surface area contributed by atoms with E-state index < -0.39 is 4.92 Å². The first-order chi connectivity index (χ1) is 9.08. The Morgan fingerprint density at radius 3 is 2.89 bits per heavy atom. The van der Waals surface area contributed by atoms with Crippen LogP contribution in [0.2, 0.25) is 0 Å². The van der Waals surface area contributed by atoms with Crippen molar-refractivity contribution in [2.45, 2.75) is 13.5 Å². The van der Waals surface area contributed by atoms with Crippen LogP contribution in [0.15, 0.2) is 30.5 Å². The van der Waals surface area contributed by atoms with Gasteiger partial charge in [0.15, 0.2) is 0 Å². The Morgan fingerprint density at radius 1 is 1.42 bits per heavy atom. The van der Waals surface area contributed by atoms with Crippen LogP contribution in [0.4, 0.5) is 17.1 Å². The van der Waals surface area contributed by atoms with E-state index in [4.69, 9.17) is 5.73 Å². The maximum Gasteiger partial charge on any atom is 0.314 e. The average molecular weight is 259 g/mol. The summed E-state index contributed by atoms with van der Waals surface area (Å²) in [4.78, 5) is 18.7. The fraction of sp³-hybridized carbons (Fsp3) is 0.167. The highest BCUT2D eigenvalue weighted by Gasteiger charge is 2.17. The van der Waals surface area contributed by atoms with Crippen LogP contribution in [0, 0.1) is 17.0 Å². The predicted molar refractivity (Wildman–Crippen MR) is 71.6 cm³/mol. The van der Waals surface area contributed by atoms with Crippen molar-refractivity contribution in [3.05, 3.63) is 52.1 Å². The van der Waals surface area contributed by atoms with Gasteiger partial charge in [-0.25, -0.2) is 9.97 Å². The Morgan fingerprint density at radius 2 is 2.21 bits per heavy atom. The molecule has 0 fully saturated rings. The second kappa shape index (κ2) is 5.30. The highest BCUT2D eigenvalue weighted by Crippen LogP contribution is 2.30. The van der Waals surface area contributed by atoms with Gasteiger partial charge in [-0.1, -0.05) is 6.07 Å². The second-order valence-electron chi connectivity index (χ2n) is 3.95. The monoisotopic (exact) mass is 259 g/mol. The summed E-state index contributed by atoms with van der Waals surface area (Å²) >= 11 is 0. The molecule has 1 heterocycles. The van der Waals surface area contributed by atoms with Crippen molar-refractivity contribution >= 4 is 17.1 Å². The minimum Gasteiger partial charge on any atom is -0.393 e. The molecule has 98 valence electrons. The Hall–Kier alpha value is -2.70. The van der Waals surface area contributed by atoms with Crippen LogP contribution in [0.5, 0.6) is 0 Å². The molecule has 1 aromatic carbocycles. The van der Waals surface area contributed by atoms with E-state index in [1.54, 1.807) is 31.3 Å². The lowest BCUT2D eigenvalue weighted by Crippen LogP contribution is -2.06. The SMILES string of the molecule is Cc1nccc(CNc2cccc(N)c2[N+](=O)[O-])n1. The minimum atomic E-state index is -0.497. The summed E-state index contributed by atoms with van der Waals surface area (Å²) in [5.41, 5.74) is 6.75. The lowest BCUT2D eigenvalue weighted by Gasteiger charge is -2.08. The van der Waals surface area contributed by atoms with Crippen LogP contribution >= 0.6 is 0 Å². The quantitative estimate of drug-likeness (QED) is 0.493. The van der Waals surface area contributed by atoms with Gasteiger partial charge < -0.3 is 11.1 Å². The van der Waals surface area contributed by atoms with Gasteiger partial charge in [0.1, 0.15) is 17.2 Å². The number of aromatic nitrogens is 2. The molecule has 19 heavy (non-hydrogen) atoms.